The molecule has 74 valence electrons. The second-order valence-corrected chi connectivity index (χ2v) is 5.43. The van der Waals surface area contributed by atoms with E-state index in [0.717, 1.165) is 16.7 Å². The summed E-state index contributed by atoms with van der Waals surface area (Å²) in [7, 11) is 0. The minimum Gasteiger partial charge on any atom is -0.0888 e. The fourth-order valence-corrected chi connectivity index (χ4v) is 2.06. The predicted molar refractivity (Wildman–Crippen MR) is 60.9 cm³/mol. The first-order valence-electron chi connectivity index (χ1n) is 5.22. The van der Waals surface area contributed by atoms with Crippen molar-refractivity contribution in [1.82, 2.24) is 0 Å². The van der Waals surface area contributed by atoms with Gasteiger partial charge in [0.05, 0.1) is 0 Å². The van der Waals surface area contributed by atoms with E-state index in [0.29, 0.717) is 0 Å². The van der Waals surface area contributed by atoms with Crippen LogP contribution in [0.25, 0.3) is 0 Å². The molecule has 0 heterocycles. The Morgan fingerprint density at radius 2 is 1.58 bits per heavy atom. The van der Waals surface area contributed by atoms with Crippen LogP contribution in [0.5, 0.6) is 0 Å². The molecule has 0 aromatic rings. The third kappa shape index (κ3) is 6.05. The van der Waals surface area contributed by atoms with Crippen LogP contribution < -0.4 is 0 Å². The van der Waals surface area contributed by atoms with Crippen LogP contribution in [0.2, 0.25) is 0 Å². The lowest BCUT2D eigenvalue weighted by Crippen LogP contribution is -2.11. The topological polar surface area (TPSA) is 0 Å². The van der Waals surface area contributed by atoms with Crippen molar-refractivity contribution < 1.29 is 0 Å². The van der Waals surface area contributed by atoms with E-state index in [1.807, 2.05) is 0 Å². The summed E-state index contributed by atoms with van der Waals surface area (Å²) in [5.74, 6) is 1.70. The number of alkyl halides is 1. The number of halogens is 1. The van der Waals surface area contributed by atoms with E-state index in [-0.39, 0.29) is 0 Å². The molecule has 0 aliphatic carbocycles. The third-order valence-electron chi connectivity index (χ3n) is 2.38. The minimum atomic E-state index is 0.737. The first-order chi connectivity index (χ1) is 5.57. The average Bonchev–Trinajstić information content (AvgIpc) is 2.00. The van der Waals surface area contributed by atoms with Gasteiger partial charge >= 0.3 is 0 Å². The lowest BCUT2D eigenvalue weighted by Gasteiger charge is -2.18. The van der Waals surface area contributed by atoms with E-state index in [1.165, 1.54) is 25.7 Å². The van der Waals surface area contributed by atoms with E-state index >= 15 is 0 Å². The highest BCUT2D eigenvalue weighted by molar-refractivity contribution is 9.09. The van der Waals surface area contributed by atoms with Crippen molar-refractivity contribution in [3.05, 3.63) is 0 Å². The molecule has 0 aromatic heterocycles. The molecule has 0 aliphatic rings. The minimum absolute atomic E-state index is 0.737. The lowest BCUT2D eigenvalue weighted by atomic mass is 9.95. The summed E-state index contributed by atoms with van der Waals surface area (Å²) in [4.78, 5) is 0.737. The molecule has 2 atom stereocenters. The normalized spacial score (nSPS) is 16.5. The van der Waals surface area contributed by atoms with E-state index in [1.54, 1.807) is 0 Å². The molecule has 2 unspecified atom stereocenters. The second-order valence-electron chi connectivity index (χ2n) is 4.25. The summed E-state index contributed by atoms with van der Waals surface area (Å²) in [6.45, 7) is 9.21. The van der Waals surface area contributed by atoms with Crippen LogP contribution in [-0.2, 0) is 0 Å². The lowest BCUT2D eigenvalue weighted by molar-refractivity contribution is 0.430. The Hall–Kier alpha value is 0.480. The molecule has 0 aromatic carbocycles. The largest absolute Gasteiger partial charge is 0.0888 e. The highest BCUT2D eigenvalue weighted by Gasteiger charge is 2.12. The molecule has 0 N–H and O–H groups in total. The molecule has 0 nitrogen and oxygen atoms in total. The van der Waals surface area contributed by atoms with Crippen LogP contribution in [0, 0.1) is 11.8 Å². The summed E-state index contributed by atoms with van der Waals surface area (Å²) < 4.78 is 0. The maximum atomic E-state index is 3.75. The Balaban J connectivity index is 3.49. The molecule has 0 spiro atoms. The fourth-order valence-electron chi connectivity index (χ4n) is 1.34. The Labute approximate surface area is 86.3 Å². The zero-order chi connectivity index (χ0) is 9.56. The highest BCUT2D eigenvalue weighted by atomic mass is 79.9. The molecule has 0 aliphatic heterocycles. The monoisotopic (exact) mass is 234 g/mol. The van der Waals surface area contributed by atoms with Crippen molar-refractivity contribution in [2.24, 2.45) is 11.8 Å². The van der Waals surface area contributed by atoms with Gasteiger partial charge in [-0.15, -0.1) is 0 Å². The van der Waals surface area contributed by atoms with E-state index in [9.17, 15) is 0 Å². The van der Waals surface area contributed by atoms with Gasteiger partial charge in [-0.2, -0.15) is 0 Å². The Morgan fingerprint density at radius 1 is 1.00 bits per heavy atom. The summed E-state index contributed by atoms with van der Waals surface area (Å²) >= 11 is 3.75. The predicted octanol–water partition coefficient (Wildman–Crippen LogP) is 4.62. The fraction of sp³-hybridized carbons (Fsp3) is 1.00. The zero-order valence-electron chi connectivity index (χ0n) is 8.94. The molecule has 0 radical (unpaired) electrons. The first kappa shape index (κ1) is 12.5. The summed E-state index contributed by atoms with van der Waals surface area (Å²) in [5, 5.41) is 0. The maximum Gasteiger partial charge on any atom is 0.0171 e. The van der Waals surface area contributed by atoms with Crippen molar-refractivity contribution in [2.45, 2.75) is 58.2 Å². The van der Waals surface area contributed by atoms with Crippen LogP contribution in [0.4, 0.5) is 0 Å². The molecular formula is C11H23Br. The maximum absolute atomic E-state index is 3.75. The van der Waals surface area contributed by atoms with Gasteiger partial charge in [-0.1, -0.05) is 56.5 Å². The van der Waals surface area contributed by atoms with Gasteiger partial charge in [0.1, 0.15) is 0 Å². The van der Waals surface area contributed by atoms with Crippen molar-refractivity contribution in [2.75, 3.05) is 0 Å². The van der Waals surface area contributed by atoms with Crippen molar-refractivity contribution in [3.63, 3.8) is 0 Å². The number of rotatable bonds is 6. The Morgan fingerprint density at radius 3 is 2.00 bits per heavy atom. The Kier molecular flexibility index (Phi) is 7.22. The van der Waals surface area contributed by atoms with Crippen LogP contribution in [0.15, 0.2) is 0 Å². The van der Waals surface area contributed by atoms with Crippen molar-refractivity contribution in [1.29, 1.82) is 0 Å². The van der Waals surface area contributed by atoms with Gasteiger partial charge in [-0.3, -0.25) is 0 Å². The van der Waals surface area contributed by atoms with Crippen LogP contribution >= 0.6 is 15.9 Å². The molecule has 12 heavy (non-hydrogen) atoms. The van der Waals surface area contributed by atoms with Crippen molar-refractivity contribution in [3.8, 4) is 0 Å². The summed E-state index contributed by atoms with van der Waals surface area (Å²) in [6, 6.07) is 0. The van der Waals surface area contributed by atoms with Crippen molar-refractivity contribution >= 4 is 15.9 Å². The van der Waals surface area contributed by atoms with Gasteiger partial charge in [0, 0.05) is 4.83 Å². The van der Waals surface area contributed by atoms with Gasteiger partial charge in [-0.25, -0.2) is 0 Å². The van der Waals surface area contributed by atoms with Gasteiger partial charge < -0.3 is 0 Å². The van der Waals surface area contributed by atoms with E-state index in [2.05, 4.69) is 43.6 Å². The van der Waals surface area contributed by atoms with E-state index in [4.69, 9.17) is 0 Å². The average molecular weight is 235 g/mol. The summed E-state index contributed by atoms with van der Waals surface area (Å²) in [5.41, 5.74) is 0. The second kappa shape index (κ2) is 6.94. The van der Waals surface area contributed by atoms with Crippen LogP contribution in [0.3, 0.4) is 0 Å². The van der Waals surface area contributed by atoms with Crippen LogP contribution in [-0.4, -0.2) is 4.83 Å². The molecular weight excluding hydrogens is 212 g/mol. The van der Waals surface area contributed by atoms with Gasteiger partial charge in [-0.05, 0) is 24.7 Å². The number of hydrogen-bond donors (Lipinski definition) is 0. The molecule has 0 bridgehead atoms. The van der Waals surface area contributed by atoms with Gasteiger partial charge in [0.2, 0.25) is 0 Å². The first-order valence-corrected chi connectivity index (χ1v) is 6.13. The molecule has 0 rings (SSSR count). The molecule has 0 saturated heterocycles. The molecule has 1 heteroatoms. The number of hydrogen-bond acceptors (Lipinski definition) is 0. The van der Waals surface area contributed by atoms with Gasteiger partial charge in [0.25, 0.3) is 0 Å². The SMILES string of the molecule is CCCC(Br)C(C)CCC(C)C. The highest BCUT2D eigenvalue weighted by Crippen LogP contribution is 2.23. The smallest absolute Gasteiger partial charge is 0.0171 e. The van der Waals surface area contributed by atoms with Gasteiger partial charge in [0.15, 0.2) is 0 Å². The van der Waals surface area contributed by atoms with E-state index < -0.39 is 0 Å². The molecule has 0 amide bonds. The Bertz CT molecular complexity index is 99.2. The zero-order valence-corrected chi connectivity index (χ0v) is 10.5. The quantitative estimate of drug-likeness (QED) is 0.589. The third-order valence-corrected chi connectivity index (χ3v) is 3.74. The summed E-state index contributed by atoms with van der Waals surface area (Å²) in [6.07, 6.45) is 5.35. The molecule has 0 saturated carbocycles. The molecule has 0 fully saturated rings. The van der Waals surface area contributed by atoms with Crippen LogP contribution in [0.1, 0.15) is 53.4 Å². The standard InChI is InChI=1S/C11H23Br/c1-5-6-11(12)10(4)8-7-9(2)3/h9-11H,5-8H2,1-4H3.